The van der Waals surface area contributed by atoms with Crippen molar-refractivity contribution in [3.63, 3.8) is 0 Å². The quantitative estimate of drug-likeness (QED) is 0.616. The molecule has 1 saturated heterocycles. The Balaban J connectivity index is 2.19. The van der Waals surface area contributed by atoms with Gasteiger partial charge in [-0.3, -0.25) is 4.79 Å². The van der Waals surface area contributed by atoms with Crippen molar-refractivity contribution >= 4 is 11.6 Å². The lowest BCUT2D eigenvalue weighted by Crippen LogP contribution is -2.44. The van der Waals surface area contributed by atoms with E-state index in [-0.39, 0.29) is 36.5 Å². The number of nitrogens with zero attached hydrogens (tertiary/aromatic N) is 1. The van der Waals surface area contributed by atoms with Crippen molar-refractivity contribution in [3.8, 4) is 5.75 Å². The van der Waals surface area contributed by atoms with Crippen molar-refractivity contribution in [2.24, 2.45) is 5.92 Å². The number of alkyl halides is 3. The van der Waals surface area contributed by atoms with Crippen LogP contribution < -0.4 is 5.73 Å². The van der Waals surface area contributed by atoms with E-state index >= 15 is 0 Å². The number of hydrogen-bond donors (Lipinski definition) is 2. The minimum Gasteiger partial charge on any atom is -0.505 e. The second kappa shape index (κ2) is 5.22. The van der Waals surface area contributed by atoms with Gasteiger partial charge in [-0.15, -0.1) is 0 Å². The molecule has 110 valence electrons. The number of phenols is 1. The zero-order valence-corrected chi connectivity index (χ0v) is 10.7. The van der Waals surface area contributed by atoms with Crippen LogP contribution in [0.15, 0.2) is 18.2 Å². The van der Waals surface area contributed by atoms with E-state index in [4.69, 9.17) is 5.73 Å². The molecule has 1 fully saturated rings. The van der Waals surface area contributed by atoms with Crippen molar-refractivity contribution in [3.05, 3.63) is 23.8 Å². The Labute approximate surface area is 114 Å². The molecule has 1 aliphatic heterocycles. The van der Waals surface area contributed by atoms with Gasteiger partial charge in [0.1, 0.15) is 0 Å². The van der Waals surface area contributed by atoms with E-state index in [1.807, 2.05) is 0 Å². The highest BCUT2D eigenvalue weighted by Gasteiger charge is 2.42. The number of nitrogen functional groups attached to an aromatic ring is 1. The van der Waals surface area contributed by atoms with Crippen LogP contribution >= 0.6 is 0 Å². The Morgan fingerprint density at radius 1 is 1.40 bits per heavy atom. The van der Waals surface area contributed by atoms with Crippen LogP contribution in [-0.2, 0) is 0 Å². The van der Waals surface area contributed by atoms with Gasteiger partial charge in [-0.2, -0.15) is 13.2 Å². The van der Waals surface area contributed by atoms with E-state index < -0.39 is 18.0 Å². The van der Waals surface area contributed by atoms with Gasteiger partial charge in [-0.05, 0) is 25.0 Å². The van der Waals surface area contributed by atoms with Crippen molar-refractivity contribution in [1.29, 1.82) is 0 Å². The first kappa shape index (κ1) is 14.5. The van der Waals surface area contributed by atoms with Gasteiger partial charge in [0, 0.05) is 13.1 Å². The van der Waals surface area contributed by atoms with Crippen LogP contribution in [0.4, 0.5) is 18.9 Å². The maximum atomic E-state index is 12.7. The number of phenolic OH excluding ortho intramolecular Hbond substituents is 1. The molecule has 0 saturated carbocycles. The SMILES string of the molecule is Nc1cccc(C(=O)N2CCCC(C(F)(F)F)C2)c1O. The van der Waals surface area contributed by atoms with Crippen molar-refractivity contribution in [2.45, 2.75) is 19.0 Å². The van der Waals surface area contributed by atoms with Gasteiger partial charge < -0.3 is 15.7 Å². The molecule has 1 amide bonds. The number of aromatic hydroxyl groups is 1. The third-order valence-corrected chi connectivity index (χ3v) is 3.47. The smallest absolute Gasteiger partial charge is 0.393 e. The van der Waals surface area contributed by atoms with Gasteiger partial charge in [-0.1, -0.05) is 6.07 Å². The monoisotopic (exact) mass is 288 g/mol. The molecule has 1 atom stereocenters. The van der Waals surface area contributed by atoms with E-state index in [0.29, 0.717) is 6.42 Å². The number of nitrogens with two attached hydrogens (primary N) is 1. The molecule has 0 bridgehead atoms. The molecule has 4 nitrogen and oxygen atoms in total. The summed E-state index contributed by atoms with van der Waals surface area (Å²) >= 11 is 0. The molecule has 1 unspecified atom stereocenters. The van der Waals surface area contributed by atoms with E-state index in [1.165, 1.54) is 18.2 Å². The van der Waals surface area contributed by atoms with Crippen LogP contribution in [-0.4, -0.2) is 35.2 Å². The standard InChI is InChI=1S/C13H15F3N2O2/c14-13(15,16)8-3-2-6-18(7-8)12(20)9-4-1-5-10(17)11(9)19/h1,4-5,8,19H,2-3,6-7,17H2. The van der Waals surface area contributed by atoms with Crippen LogP contribution in [0.5, 0.6) is 5.75 Å². The highest BCUT2D eigenvalue weighted by Crippen LogP contribution is 2.34. The summed E-state index contributed by atoms with van der Waals surface area (Å²) in [6, 6.07) is 4.25. The van der Waals surface area contributed by atoms with Crippen molar-refractivity contribution in [2.75, 3.05) is 18.8 Å². The second-order valence-corrected chi connectivity index (χ2v) is 4.88. The predicted octanol–water partition coefficient (Wildman–Crippen LogP) is 2.39. The van der Waals surface area contributed by atoms with Gasteiger partial charge in [-0.25, -0.2) is 0 Å². The molecule has 0 spiro atoms. The third kappa shape index (κ3) is 2.81. The molecule has 2 rings (SSSR count). The number of carbonyl (C=O) groups excluding carboxylic acids is 1. The van der Waals surface area contributed by atoms with Crippen LogP contribution in [0.2, 0.25) is 0 Å². The number of amides is 1. The number of hydrogen-bond acceptors (Lipinski definition) is 3. The Kier molecular flexibility index (Phi) is 3.78. The molecule has 1 aromatic rings. The first-order valence-corrected chi connectivity index (χ1v) is 6.24. The number of rotatable bonds is 1. The number of benzene rings is 1. The van der Waals surface area contributed by atoms with Crippen LogP contribution in [0.1, 0.15) is 23.2 Å². The predicted molar refractivity (Wildman–Crippen MR) is 67.2 cm³/mol. The van der Waals surface area contributed by atoms with Crippen LogP contribution in [0.3, 0.4) is 0 Å². The number of piperidine rings is 1. The summed E-state index contributed by atoms with van der Waals surface area (Å²) in [6.45, 7) is -0.129. The fraction of sp³-hybridized carbons (Fsp3) is 0.462. The summed E-state index contributed by atoms with van der Waals surface area (Å²) in [7, 11) is 0. The highest BCUT2D eigenvalue weighted by atomic mass is 19.4. The van der Waals surface area contributed by atoms with E-state index in [1.54, 1.807) is 0 Å². The van der Waals surface area contributed by atoms with E-state index in [0.717, 1.165) is 4.90 Å². The maximum Gasteiger partial charge on any atom is 0.393 e. The average molecular weight is 288 g/mol. The zero-order chi connectivity index (χ0) is 14.9. The fourth-order valence-corrected chi connectivity index (χ4v) is 2.33. The topological polar surface area (TPSA) is 66.6 Å². The van der Waals surface area contributed by atoms with Gasteiger partial charge in [0.25, 0.3) is 5.91 Å². The Morgan fingerprint density at radius 2 is 2.10 bits per heavy atom. The van der Waals surface area contributed by atoms with Crippen molar-refractivity contribution in [1.82, 2.24) is 4.90 Å². The van der Waals surface area contributed by atoms with E-state index in [2.05, 4.69) is 0 Å². The zero-order valence-electron chi connectivity index (χ0n) is 10.7. The van der Waals surface area contributed by atoms with E-state index in [9.17, 15) is 23.1 Å². The van der Waals surface area contributed by atoms with Gasteiger partial charge in [0.05, 0.1) is 17.2 Å². The number of likely N-dealkylation sites (tertiary alicyclic amines) is 1. The summed E-state index contributed by atoms with van der Waals surface area (Å²) in [6.07, 6.45) is -3.99. The van der Waals surface area contributed by atoms with Gasteiger partial charge in [0.15, 0.2) is 5.75 Å². The number of halogens is 3. The van der Waals surface area contributed by atoms with Crippen LogP contribution in [0, 0.1) is 5.92 Å². The summed E-state index contributed by atoms with van der Waals surface area (Å²) in [5.41, 5.74) is 5.45. The Morgan fingerprint density at radius 3 is 2.75 bits per heavy atom. The third-order valence-electron chi connectivity index (χ3n) is 3.47. The Bertz CT molecular complexity index is 517. The molecule has 0 aromatic heterocycles. The highest BCUT2D eigenvalue weighted by molar-refractivity contribution is 5.98. The molecule has 7 heteroatoms. The molecular formula is C13H15F3N2O2. The number of anilines is 1. The summed E-state index contributed by atoms with van der Waals surface area (Å²) in [4.78, 5) is 13.3. The largest absolute Gasteiger partial charge is 0.505 e. The summed E-state index contributed by atoms with van der Waals surface area (Å²) in [5, 5.41) is 9.73. The number of carbonyl (C=O) groups is 1. The average Bonchev–Trinajstić information content (AvgIpc) is 2.40. The molecule has 1 aliphatic rings. The molecule has 3 N–H and O–H groups in total. The number of para-hydroxylation sites is 1. The molecule has 1 aromatic carbocycles. The first-order valence-electron chi connectivity index (χ1n) is 6.24. The minimum atomic E-state index is -4.31. The maximum absolute atomic E-state index is 12.7. The first-order chi connectivity index (χ1) is 9.30. The normalized spacial score (nSPS) is 19.9. The van der Waals surface area contributed by atoms with Crippen LogP contribution in [0.25, 0.3) is 0 Å². The molecule has 1 heterocycles. The Hall–Kier alpha value is -1.92. The van der Waals surface area contributed by atoms with Gasteiger partial charge >= 0.3 is 6.18 Å². The molecule has 20 heavy (non-hydrogen) atoms. The minimum absolute atomic E-state index is 0.0240. The molecule has 0 aliphatic carbocycles. The summed E-state index contributed by atoms with van der Waals surface area (Å²) in [5.74, 6) is -2.52. The lowest BCUT2D eigenvalue weighted by molar-refractivity contribution is -0.184. The second-order valence-electron chi connectivity index (χ2n) is 4.88. The summed E-state index contributed by atoms with van der Waals surface area (Å²) < 4.78 is 38.1. The van der Waals surface area contributed by atoms with Gasteiger partial charge in [0.2, 0.25) is 0 Å². The lowest BCUT2D eigenvalue weighted by Gasteiger charge is -2.33. The molecule has 0 radical (unpaired) electrons. The fourth-order valence-electron chi connectivity index (χ4n) is 2.33. The van der Waals surface area contributed by atoms with Crippen molar-refractivity contribution < 1.29 is 23.1 Å². The lowest BCUT2D eigenvalue weighted by atomic mass is 9.96. The molecular weight excluding hydrogens is 273 g/mol.